The third-order valence-corrected chi connectivity index (χ3v) is 8.96. The Kier molecular flexibility index (Phi) is 8.89. The van der Waals surface area contributed by atoms with E-state index in [1.54, 1.807) is 0 Å². The van der Waals surface area contributed by atoms with Gasteiger partial charge in [0.25, 0.3) is 0 Å². The van der Waals surface area contributed by atoms with Crippen LogP contribution in [0.4, 0.5) is 14.5 Å². The van der Waals surface area contributed by atoms with Gasteiger partial charge in [-0.15, -0.1) is 0 Å². The molecule has 0 saturated carbocycles. The molecule has 1 unspecified atom stereocenters. The van der Waals surface area contributed by atoms with Gasteiger partial charge in [-0.1, -0.05) is 32.0 Å². The zero-order valence-electron chi connectivity index (χ0n) is 27.1. The monoisotopic (exact) mass is 605 g/mol. The first-order valence-corrected chi connectivity index (χ1v) is 15.6. The Balaban J connectivity index is 1.57. The first-order valence-electron chi connectivity index (χ1n) is 15.6. The van der Waals surface area contributed by atoms with E-state index in [1.165, 1.54) is 17.7 Å². The molecule has 8 heteroatoms. The number of anilines is 1. The second-order valence-corrected chi connectivity index (χ2v) is 14.2. The number of carboxylic acids is 1. The van der Waals surface area contributed by atoms with Crippen LogP contribution in [-0.2, 0) is 29.0 Å². The zero-order chi connectivity index (χ0) is 32.0. The average Bonchev–Trinajstić information content (AvgIpc) is 2.93. The molecule has 0 amide bonds. The van der Waals surface area contributed by atoms with Gasteiger partial charge in [0.15, 0.2) is 6.10 Å². The summed E-state index contributed by atoms with van der Waals surface area (Å²) >= 11 is 0. The lowest BCUT2D eigenvalue weighted by atomic mass is 9.81. The molecular weight excluding hydrogens is 560 g/mol. The van der Waals surface area contributed by atoms with Crippen LogP contribution in [0.25, 0.3) is 11.1 Å². The third kappa shape index (κ3) is 6.97. The number of piperidine rings is 1. The number of carbonyl (C=O) groups is 1. The summed E-state index contributed by atoms with van der Waals surface area (Å²) in [6, 6.07) is 10.0. The van der Waals surface area contributed by atoms with Crippen LogP contribution in [0, 0.1) is 30.9 Å². The number of pyridine rings is 1. The summed E-state index contributed by atoms with van der Waals surface area (Å²) < 4.78 is 34.3. The van der Waals surface area contributed by atoms with Gasteiger partial charge in [-0.3, -0.25) is 9.88 Å². The maximum absolute atomic E-state index is 14.3. The van der Waals surface area contributed by atoms with Crippen molar-refractivity contribution in [2.45, 2.75) is 92.5 Å². The van der Waals surface area contributed by atoms with Crippen molar-refractivity contribution < 1.29 is 23.4 Å². The van der Waals surface area contributed by atoms with E-state index in [4.69, 9.17) is 9.72 Å². The normalized spacial score (nSPS) is 17.8. The minimum Gasteiger partial charge on any atom is -0.479 e. The molecule has 3 heterocycles. The lowest BCUT2D eigenvalue weighted by Crippen LogP contribution is -2.39. The van der Waals surface area contributed by atoms with Gasteiger partial charge in [0.05, 0.1) is 11.3 Å². The lowest BCUT2D eigenvalue weighted by molar-refractivity contribution is -0.160. The van der Waals surface area contributed by atoms with Crippen LogP contribution in [0.2, 0.25) is 0 Å². The van der Waals surface area contributed by atoms with E-state index in [0.29, 0.717) is 29.9 Å². The number of rotatable bonds is 7. The van der Waals surface area contributed by atoms with Crippen LogP contribution in [-0.4, -0.2) is 46.2 Å². The topological polar surface area (TPSA) is 65.9 Å². The van der Waals surface area contributed by atoms with Crippen molar-refractivity contribution in [2.75, 3.05) is 24.5 Å². The average molecular weight is 606 g/mol. The largest absolute Gasteiger partial charge is 0.479 e. The molecule has 44 heavy (non-hydrogen) atoms. The highest BCUT2D eigenvalue weighted by Gasteiger charge is 2.36. The molecule has 0 bridgehead atoms. The summed E-state index contributed by atoms with van der Waals surface area (Å²) in [5.74, 6) is -1.86. The fourth-order valence-electron chi connectivity index (χ4n) is 6.56. The number of benzene rings is 2. The van der Waals surface area contributed by atoms with Gasteiger partial charge < -0.3 is 14.7 Å². The van der Waals surface area contributed by atoms with Gasteiger partial charge in [-0.25, -0.2) is 13.6 Å². The van der Waals surface area contributed by atoms with Gasteiger partial charge in [0, 0.05) is 60.8 Å². The summed E-state index contributed by atoms with van der Waals surface area (Å²) in [6.07, 6.45) is 1.59. The highest BCUT2D eigenvalue weighted by Crippen LogP contribution is 2.45. The van der Waals surface area contributed by atoms with Crippen molar-refractivity contribution in [2.24, 2.45) is 5.41 Å². The van der Waals surface area contributed by atoms with Gasteiger partial charge in [0.1, 0.15) is 11.6 Å². The minimum absolute atomic E-state index is 0.216. The predicted octanol–water partition coefficient (Wildman–Crippen LogP) is 7.77. The molecule has 1 saturated heterocycles. The fourth-order valence-corrected chi connectivity index (χ4v) is 6.56. The Hall–Kier alpha value is -3.36. The van der Waals surface area contributed by atoms with Crippen LogP contribution in [0.15, 0.2) is 36.4 Å². The number of fused-ring (bicyclic) bond motifs is 1. The summed E-state index contributed by atoms with van der Waals surface area (Å²) in [5, 5.41) is 10.5. The van der Waals surface area contributed by atoms with Crippen molar-refractivity contribution in [3.05, 3.63) is 81.7 Å². The van der Waals surface area contributed by atoms with Gasteiger partial charge in [-0.2, -0.15) is 0 Å². The van der Waals surface area contributed by atoms with Crippen molar-refractivity contribution in [3.63, 3.8) is 0 Å². The maximum atomic E-state index is 14.3. The zero-order valence-corrected chi connectivity index (χ0v) is 27.1. The number of aromatic nitrogens is 1. The van der Waals surface area contributed by atoms with E-state index in [9.17, 15) is 18.7 Å². The Morgan fingerprint density at radius 1 is 1.02 bits per heavy atom. The quantitative estimate of drug-likeness (QED) is 0.297. The molecule has 0 spiro atoms. The van der Waals surface area contributed by atoms with Crippen LogP contribution in [0.1, 0.15) is 87.2 Å². The molecule has 0 radical (unpaired) electrons. The van der Waals surface area contributed by atoms with E-state index < -0.39 is 29.3 Å². The second-order valence-electron chi connectivity index (χ2n) is 14.2. The molecule has 1 aromatic heterocycles. The maximum Gasteiger partial charge on any atom is 0.337 e. The third-order valence-electron chi connectivity index (χ3n) is 8.96. The highest BCUT2D eigenvalue weighted by molar-refractivity contribution is 5.88. The summed E-state index contributed by atoms with van der Waals surface area (Å²) in [4.78, 5) is 22.2. The van der Waals surface area contributed by atoms with E-state index in [2.05, 4.69) is 41.8 Å². The molecule has 2 aliphatic rings. The number of aliphatic carboxylic acids is 1. The van der Waals surface area contributed by atoms with E-state index in [-0.39, 0.29) is 5.41 Å². The Morgan fingerprint density at radius 2 is 1.73 bits per heavy atom. The number of nitrogens with zero attached hydrogens (tertiary/aromatic N) is 3. The molecule has 3 aromatic rings. The van der Waals surface area contributed by atoms with Crippen LogP contribution in [0.5, 0.6) is 0 Å². The Labute approximate surface area is 260 Å². The lowest BCUT2D eigenvalue weighted by Gasteiger charge is -2.41. The molecule has 5 rings (SSSR count). The van der Waals surface area contributed by atoms with Gasteiger partial charge in [-0.05, 0) is 94.2 Å². The van der Waals surface area contributed by atoms with Crippen LogP contribution < -0.4 is 4.90 Å². The number of halogens is 2. The Bertz CT molecular complexity index is 1550. The number of aryl methyl sites for hydroxylation is 2. The van der Waals surface area contributed by atoms with E-state index in [0.717, 1.165) is 73.0 Å². The first-order chi connectivity index (χ1) is 20.6. The van der Waals surface area contributed by atoms with Gasteiger partial charge >= 0.3 is 5.97 Å². The van der Waals surface area contributed by atoms with E-state index >= 15 is 0 Å². The smallest absolute Gasteiger partial charge is 0.337 e. The number of carboxylic acid groups (broad SMARTS) is 1. The summed E-state index contributed by atoms with van der Waals surface area (Å²) in [7, 11) is 0. The highest BCUT2D eigenvalue weighted by atomic mass is 19.1. The minimum atomic E-state index is -1.17. The number of hydrogen-bond acceptors (Lipinski definition) is 5. The molecular formula is C36H45F2N3O3. The van der Waals surface area contributed by atoms with Crippen LogP contribution in [0.3, 0.4) is 0 Å². The molecule has 1 atom stereocenters. The number of hydrogen-bond donors (Lipinski definition) is 1. The van der Waals surface area contributed by atoms with Gasteiger partial charge in [0.2, 0.25) is 0 Å². The molecule has 1 fully saturated rings. The first kappa shape index (κ1) is 32.0. The SMILES string of the molecule is Cc1nc(C)c(C(OC(C)(C)C)C(=O)O)c(N2CCC(C)(C)CC2)c1-c1ccc2c(c1)CCN(Cc1cc(F)ccc1F)C2. The summed E-state index contributed by atoms with van der Waals surface area (Å²) in [5.41, 5.74) is 7.24. The Morgan fingerprint density at radius 3 is 2.39 bits per heavy atom. The van der Waals surface area contributed by atoms with Crippen molar-refractivity contribution in [3.8, 4) is 11.1 Å². The van der Waals surface area contributed by atoms with Crippen molar-refractivity contribution in [1.82, 2.24) is 9.88 Å². The van der Waals surface area contributed by atoms with Crippen molar-refractivity contribution in [1.29, 1.82) is 0 Å². The van der Waals surface area contributed by atoms with Crippen molar-refractivity contribution >= 4 is 11.7 Å². The molecule has 1 N–H and O–H groups in total. The predicted molar refractivity (Wildman–Crippen MR) is 170 cm³/mol. The fraction of sp³-hybridized carbons (Fsp3) is 0.500. The molecule has 2 aliphatic heterocycles. The molecule has 2 aromatic carbocycles. The van der Waals surface area contributed by atoms with E-state index in [1.807, 2.05) is 34.6 Å². The second kappa shape index (κ2) is 12.2. The van der Waals surface area contributed by atoms with Crippen LogP contribution >= 0.6 is 0 Å². The molecule has 0 aliphatic carbocycles. The standard InChI is InChI=1S/C36H45F2N3O3/c1-22-30(25-8-9-26-20-40(15-12-24(26)18-25)21-27-19-28(37)10-11-29(27)38)32(41-16-13-36(6,7)14-17-41)31(23(2)39-22)33(34(42)43)44-35(3,4)5/h8-11,18-19,33H,12-17,20-21H2,1-7H3,(H,42,43). The summed E-state index contributed by atoms with van der Waals surface area (Å²) in [6.45, 7) is 17.4. The number of ether oxygens (including phenoxy) is 1. The molecule has 236 valence electrons. The molecule has 6 nitrogen and oxygen atoms in total.